The molecule has 1 atom stereocenters. The highest BCUT2D eigenvalue weighted by molar-refractivity contribution is 5.61. The zero-order valence-corrected chi connectivity index (χ0v) is 16.7. The van der Waals surface area contributed by atoms with Crippen LogP contribution in [0.25, 0.3) is 0 Å². The van der Waals surface area contributed by atoms with Crippen LogP contribution in [-0.2, 0) is 12.8 Å². The summed E-state index contributed by atoms with van der Waals surface area (Å²) in [6.07, 6.45) is 2.20. The summed E-state index contributed by atoms with van der Waals surface area (Å²) in [4.78, 5) is 2.47. The molecule has 28 heavy (non-hydrogen) atoms. The minimum atomic E-state index is 0.364. The quantitative estimate of drug-likeness (QED) is 0.558. The van der Waals surface area contributed by atoms with Gasteiger partial charge in [-0.15, -0.1) is 0 Å². The Morgan fingerprint density at radius 3 is 2.43 bits per heavy atom. The lowest BCUT2D eigenvalue weighted by Gasteiger charge is -2.19. The first-order chi connectivity index (χ1) is 13.7. The highest BCUT2D eigenvalue weighted by Gasteiger charge is 2.20. The molecule has 1 unspecified atom stereocenters. The Balaban J connectivity index is 1.38. The van der Waals surface area contributed by atoms with E-state index >= 15 is 0 Å². The van der Waals surface area contributed by atoms with Crippen LogP contribution in [0.4, 0.5) is 11.4 Å². The van der Waals surface area contributed by atoms with Crippen molar-refractivity contribution >= 4 is 11.4 Å². The number of nitrogens with one attached hydrogen (secondary N) is 1. The Morgan fingerprint density at radius 1 is 0.929 bits per heavy atom. The van der Waals surface area contributed by atoms with Crippen LogP contribution in [0.5, 0.6) is 11.5 Å². The molecule has 1 aliphatic rings. The van der Waals surface area contributed by atoms with Gasteiger partial charge in [-0.05, 0) is 80.3 Å². The van der Waals surface area contributed by atoms with Crippen molar-refractivity contribution in [3.8, 4) is 11.5 Å². The van der Waals surface area contributed by atoms with Gasteiger partial charge >= 0.3 is 0 Å². The third-order valence-corrected chi connectivity index (χ3v) is 5.37. The summed E-state index contributed by atoms with van der Waals surface area (Å²) in [5.74, 6) is 1.71. The van der Waals surface area contributed by atoms with Crippen molar-refractivity contribution in [2.75, 3.05) is 23.3 Å². The van der Waals surface area contributed by atoms with E-state index in [0.717, 1.165) is 43.1 Å². The Labute approximate surface area is 168 Å². The van der Waals surface area contributed by atoms with Gasteiger partial charge in [0, 0.05) is 30.5 Å². The summed E-state index contributed by atoms with van der Waals surface area (Å²) in [5, 5.41) is 3.63. The van der Waals surface area contributed by atoms with E-state index in [0.29, 0.717) is 6.04 Å². The van der Waals surface area contributed by atoms with Crippen LogP contribution in [0, 0.1) is 0 Å². The molecule has 0 spiro atoms. The number of hydrogen-bond donors (Lipinski definition) is 1. The average Bonchev–Trinajstić information content (AvgIpc) is 3.14. The topological polar surface area (TPSA) is 24.5 Å². The Bertz CT molecular complexity index is 906. The minimum absolute atomic E-state index is 0.364. The van der Waals surface area contributed by atoms with Crippen LogP contribution in [0.1, 0.15) is 25.0 Å². The summed E-state index contributed by atoms with van der Waals surface area (Å²) < 4.78 is 5.87. The van der Waals surface area contributed by atoms with Crippen LogP contribution in [0.3, 0.4) is 0 Å². The number of rotatable bonds is 7. The van der Waals surface area contributed by atoms with E-state index in [1.807, 2.05) is 42.5 Å². The normalized spacial score (nSPS) is 13.9. The highest BCUT2D eigenvalue weighted by atomic mass is 16.5. The number of likely N-dealkylation sites (N-methyl/N-ethyl adjacent to an activating group) is 1. The number of ether oxygens (including phenoxy) is 1. The number of nitrogens with zero attached hydrogens (tertiary/aromatic N) is 1. The molecule has 1 aliphatic heterocycles. The van der Waals surface area contributed by atoms with E-state index in [1.165, 1.54) is 16.8 Å². The molecule has 0 saturated heterocycles. The second-order valence-corrected chi connectivity index (χ2v) is 7.43. The lowest BCUT2D eigenvalue weighted by molar-refractivity contribution is 0.483. The van der Waals surface area contributed by atoms with Crippen molar-refractivity contribution < 1.29 is 4.74 Å². The first-order valence-corrected chi connectivity index (χ1v) is 10.2. The van der Waals surface area contributed by atoms with Crippen LogP contribution in [-0.4, -0.2) is 19.1 Å². The van der Waals surface area contributed by atoms with Gasteiger partial charge in [0.2, 0.25) is 0 Å². The molecule has 0 aliphatic carbocycles. The molecule has 1 heterocycles. The van der Waals surface area contributed by atoms with Crippen molar-refractivity contribution in [2.24, 2.45) is 0 Å². The van der Waals surface area contributed by atoms with Gasteiger partial charge in [-0.3, -0.25) is 0 Å². The molecule has 0 saturated carbocycles. The predicted molar refractivity (Wildman–Crippen MR) is 118 cm³/mol. The molecule has 3 aromatic carbocycles. The molecule has 3 heteroatoms. The standard InChI is InChI=1S/C25H28N2O/c1-3-27-17-16-24-20(8-7-11-25(24)27)18-19(2)26-21-12-14-23(15-13-21)28-22-9-5-4-6-10-22/h4-15,19,26H,3,16-18H2,1-2H3. The molecule has 1 N–H and O–H groups in total. The molecule has 144 valence electrons. The smallest absolute Gasteiger partial charge is 0.127 e. The summed E-state index contributed by atoms with van der Waals surface area (Å²) in [5.41, 5.74) is 5.55. The number of anilines is 2. The minimum Gasteiger partial charge on any atom is -0.457 e. The molecular formula is C25H28N2O. The number of benzene rings is 3. The maximum absolute atomic E-state index is 5.87. The van der Waals surface area contributed by atoms with Crippen molar-refractivity contribution in [1.82, 2.24) is 0 Å². The maximum atomic E-state index is 5.87. The van der Waals surface area contributed by atoms with Gasteiger partial charge in [-0.1, -0.05) is 30.3 Å². The predicted octanol–water partition coefficient (Wildman–Crippen LogP) is 5.90. The molecule has 3 aromatic rings. The number of hydrogen-bond acceptors (Lipinski definition) is 3. The molecule has 0 radical (unpaired) electrons. The Morgan fingerprint density at radius 2 is 1.68 bits per heavy atom. The second kappa shape index (κ2) is 8.39. The molecule has 3 nitrogen and oxygen atoms in total. The third kappa shape index (κ3) is 4.14. The van der Waals surface area contributed by atoms with E-state index in [1.54, 1.807) is 0 Å². The Hall–Kier alpha value is -2.94. The van der Waals surface area contributed by atoms with Gasteiger partial charge in [0.25, 0.3) is 0 Å². The summed E-state index contributed by atoms with van der Waals surface area (Å²) in [6.45, 7) is 6.71. The monoisotopic (exact) mass is 372 g/mol. The molecule has 0 amide bonds. The fraction of sp³-hybridized carbons (Fsp3) is 0.280. The highest BCUT2D eigenvalue weighted by Crippen LogP contribution is 2.31. The molecular weight excluding hydrogens is 344 g/mol. The van der Waals surface area contributed by atoms with Crippen molar-refractivity contribution in [3.63, 3.8) is 0 Å². The zero-order valence-electron chi connectivity index (χ0n) is 16.7. The number of para-hydroxylation sites is 1. The average molecular weight is 373 g/mol. The van der Waals surface area contributed by atoms with Crippen molar-refractivity contribution in [2.45, 2.75) is 32.7 Å². The molecule has 0 aromatic heterocycles. The van der Waals surface area contributed by atoms with E-state index in [9.17, 15) is 0 Å². The van der Waals surface area contributed by atoms with Gasteiger partial charge in [-0.25, -0.2) is 0 Å². The van der Waals surface area contributed by atoms with E-state index < -0.39 is 0 Å². The maximum Gasteiger partial charge on any atom is 0.127 e. The van der Waals surface area contributed by atoms with Gasteiger partial charge in [0.05, 0.1) is 0 Å². The molecule has 0 bridgehead atoms. The van der Waals surface area contributed by atoms with Crippen LogP contribution >= 0.6 is 0 Å². The first kappa shape index (κ1) is 18.4. The van der Waals surface area contributed by atoms with Crippen LogP contribution < -0.4 is 15.0 Å². The Kier molecular flexibility index (Phi) is 5.52. The molecule has 0 fully saturated rings. The van der Waals surface area contributed by atoms with Gasteiger partial charge in [-0.2, -0.15) is 0 Å². The van der Waals surface area contributed by atoms with E-state index in [4.69, 9.17) is 4.74 Å². The van der Waals surface area contributed by atoms with Crippen LogP contribution in [0.2, 0.25) is 0 Å². The SMILES string of the molecule is CCN1CCc2c(CC(C)Nc3ccc(Oc4ccccc4)cc3)cccc21. The van der Waals surface area contributed by atoms with Gasteiger partial charge in [0.15, 0.2) is 0 Å². The largest absolute Gasteiger partial charge is 0.457 e. The van der Waals surface area contributed by atoms with E-state index in [-0.39, 0.29) is 0 Å². The van der Waals surface area contributed by atoms with Gasteiger partial charge < -0.3 is 15.0 Å². The summed E-state index contributed by atoms with van der Waals surface area (Å²) >= 11 is 0. The number of fused-ring (bicyclic) bond motifs is 1. The van der Waals surface area contributed by atoms with Crippen molar-refractivity contribution in [1.29, 1.82) is 0 Å². The fourth-order valence-corrected chi connectivity index (χ4v) is 4.00. The van der Waals surface area contributed by atoms with Gasteiger partial charge in [0.1, 0.15) is 11.5 Å². The fourth-order valence-electron chi connectivity index (χ4n) is 4.00. The van der Waals surface area contributed by atoms with E-state index in [2.05, 4.69) is 54.4 Å². The second-order valence-electron chi connectivity index (χ2n) is 7.43. The van der Waals surface area contributed by atoms with Crippen molar-refractivity contribution in [3.05, 3.63) is 83.9 Å². The lowest BCUT2D eigenvalue weighted by atomic mass is 9.99. The third-order valence-electron chi connectivity index (χ3n) is 5.37. The zero-order chi connectivity index (χ0) is 19.3. The first-order valence-electron chi connectivity index (χ1n) is 10.2. The molecule has 4 rings (SSSR count). The van der Waals surface area contributed by atoms with Crippen LogP contribution in [0.15, 0.2) is 72.8 Å². The lowest BCUT2D eigenvalue weighted by Crippen LogP contribution is -2.19. The summed E-state index contributed by atoms with van der Waals surface area (Å²) in [7, 11) is 0. The summed E-state index contributed by atoms with van der Waals surface area (Å²) in [6, 6.07) is 25.2.